The van der Waals surface area contributed by atoms with Gasteiger partial charge in [0, 0.05) is 11.4 Å². The molecule has 0 saturated carbocycles. The number of aryl methyl sites for hydroxylation is 2. The summed E-state index contributed by atoms with van der Waals surface area (Å²) in [6, 6.07) is 14.7. The van der Waals surface area contributed by atoms with Crippen LogP contribution in [0.25, 0.3) is 11.3 Å². The minimum absolute atomic E-state index is 0.216. The summed E-state index contributed by atoms with van der Waals surface area (Å²) in [5.41, 5.74) is 2.19. The zero-order valence-electron chi connectivity index (χ0n) is 13.7. The number of para-hydroxylation sites is 1. The van der Waals surface area contributed by atoms with Crippen molar-refractivity contribution in [2.45, 2.75) is 13.8 Å². The lowest BCUT2D eigenvalue weighted by Crippen LogP contribution is -2.16. The van der Waals surface area contributed by atoms with Gasteiger partial charge in [-0.15, -0.1) is 0 Å². The van der Waals surface area contributed by atoms with E-state index in [1.807, 2.05) is 18.2 Å². The highest BCUT2D eigenvalue weighted by molar-refractivity contribution is 7.71. The average molecular weight is 349 g/mol. The summed E-state index contributed by atoms with van der Waals surface area (Å²) in [5.74, 6) is 0.788. The summed E-state index contributed by atoms with van der Waals surface area (Å²) < 4.78 is 5.95. The van der Waals surface area contributed by atoms with E-state index >= 15 is 0 Å². The van der Waals surface area contributed by atoms with Crippen LogP contribution in [-0.2, 0) is 0 Å². The number of nitrogens with one attached hydrogen (secondary N) is 2. The van der Waals surface area contributed by atoms with Crippen molar-refractivity contribution in [2.24, 2.45) is 0 Å². The van der Waals surface area contributed by atoms with E-state index in [0.29, 0.717) is 34.0 Å². The van der Waals surface area contributed by atoms with E-state index in [1.165, 1.54) is 0 Å². The van der Waals surface area contributed by atoms with E-state index in [-0.39, 0.29) is 16.1 Å². The fourth-order valence-electron chi connectivity index (χ4n) is 2.64. The Hall–Kier alpha value is -3.17. The lowest BCUT2D eigenvalue weighted by molar-refractivity contribution is 0.102. The van der Waals surface area contributed by atoms with Crippen LogP contribution in [0.15, 0.2) is 46.9 Å². The number of nitrogens with zero attached hydrogens (tertiary/aromatic N) is 1. The molecule has 2 N–H and O–H groups in total. The molecule has 6 heteroatoms. The van der Waals surface area contributed by atoms with Gasteiger partial charge < -0.3 is 14.7 Å². The largest absolute Gasteiger partial charge is 0.461 e. The van der Waals surface area contributed by atoms with Crippen molar-refractivity contribution in [3.63, 3.8) is 0 Å². The van der Waals surface area contributed by atoms with Crippen molar-refractivity contribution in [1.29, 1.82) is 5.26 Å². The molecule has 5 nitrogen and oxygen atoms in total. The Morgan fingerprint density at radius 3 is 2.52 bits per heavy atom. The number of H-pyrrole nitrogens is 1. The monoisotopic (exact) mass is 349 g/mol. The first-order chi connectivity index (χ1) is 12.0. The molecule has 0 aliphatic heterocycles. The average Bonchev–Trinajstić information content (AvgIpc) is 3.01. The van der Waals surface area contributed by atoms with Gasteiger partial charge in [0.25, 0.3) is 5.91 Å². The molecule has 25 heavy (non-hydrogen) atoms. The molecule has 3 rings (SSSR count). The molecule has 0 radical (unpaired) electrons. The number of anilines is 1. The summed E-state index contributed by atoms with van der Waals surface area (Å²) in [7, 11) is 0. The van der Waals surface area contributed by atoms with E-state index in [1.54, 1.807) is 38.1 Å². The number of rotatable bonds is 3. The number of carbonyl (C=O) groups excluding carboxylic acids is 1. The molecular formula is C19H15N3O2S. The molecular weight excluding hydrogens is 334 g/mol. The normalized spacial score (nSPS) is 10.3. The predicted octanol–water partition coefficient (Wildman–Crippen LogP) is 4.75. The fraction of sp³-hybridized carbons (Fsp3) is 0.105. The molecule has 3 aromatic rings. The topological polar surface area (TPSA) is 81.8 Å². The van der Waals surface area contributed by atoms with E-state index in [9.17, 15) is 10.1 Å². The maximum Gasteiger partial charge on any atom is 0.258 e. The van der Waals surface area contributed by atoms with Crippen molar-refractivity contribution < 1.29 is 9.21 Å². The quantitative estimate of drug-likeness (QED) is 0.669. The molecule has 1 aromatic carbocycles. The Labute approximate surface area is 149 Å². The van der Waals surface area contributed by atoms with Gasteiger partial charge >= 0.3 is 0 Å². The van der Waals surface area contributed by atoms with Gasteiger partial charge in [-0.1, -0.05) is 30.4 Å². The molecule has 124 valence electrons. The van der Waals surface area contributed by atoms with Crippen molar-refractivity contribution >= 4 is 23.8 Å². The summed E-state index contributed by atoms with van der Waals surface area (Å²) in [6.45, 7) is 3.55. The van der Waals surface area contributed by atoms with E-state index < -0.39 is 0 Å². The van der Waals surface area contributed by atoms with Gasteiger partial charge in [-0.2, -0.15) is 5.26 Å². The molecule has 2 heterocycles. The molecule has 0 bridgehead atoms. The van der Waals surface area contributed by atoms with Gasteiger partial charge in [-0.3, -0.25) is 4.79 Å². The Kier molecular flexibility index (Phi) is 4.50. The molecule has 0 unspecified atom stereocenters. The zero-order valence-corrected chi connectivity index (χ0v) is 14.5. The summed E-state index contributed by atoms with van der Waals surface area (Å²) in [4.78, 5) is 15.8. The van der Waals surface area contributed by atoms with Crippen molar-refractivity contribution in [3.05, 3.63) is 69.7 Å². The molecule has 0 aliphatic carbocycles. The first-order valence-electron chi connectivity index (χ1n) is 7.61. The van der Waals surface area contributed by atoms with Crippen molar-refractivity contribution in [2.75, 3.05) is 5.32 Å². The maximum atomic E-state index is 12.9. The molecule has 0 saturated heterocycles. The van der Waals surface area contributed by atoms with Crippen LogP contribution in [0.1, 0.15) is 27.4 Å². The standard InChI is InChI=1S/C19H15N3O2S/c1-11-8-9-15(24-11)17-14(10-20)19(25)21-12(2)16(17)18(23)22-13-6-4-3-5-7-13/h3-9H,1-2H3,(H,21,25)(H,22,23). The minimum Gasteiger partial charge on any atom is -0.461 e. The van der Waals surface area contributed by atoms with Crippen LogP contribution < -0.4 is 5.32 Å². The SMILES string of the molecule is Cc1ccc(-c2c(C(=O)Nc3ccccc3)c(C)[nH]c(=S)c2C#N)o1. The highest BCUT2D eigenvalue weighted by atomic mass is 32.1. The Balaban J connectivity index is 2.20. The number of carbonyl (C=O) groups is 1. The Morgan fingerprint density at radius 2 is 1.92 bits per heavy atom. The molecule has 0 fully saturated rings. The number of hydrogen-bond acceptors (Lipinski definition) is 4. The van der Waals surface area contributed by atoms with E-state index in [0.717, 1.165) is 0 Å². The first kappa shape index (κ1) is 16.7. The van der Waals surface area contributed by atoms with Gasteiger partial charge in [-0.25, -0.2) is 0 Å². The third kappa shape index (κ3) is 3.23. The summed E-state index contributed by atoms with van der Waals surface area (Å²) in [6.07, 6.45) is 0. The number of amides is 1. The molecule has 2 aromatic heterocycles. The molecule has 0 atom stereocenters. The maximum absolute atomic E-state index is 12.9. The van der Waals surface area contributed by atoms with Crippen LogP contribution in [0.3, 0.4) is 0 Å². The number of benzene rings is 1. The number of nitriles is 1. The number of aromatic nitrogens is 1. The Bertz CT molecular complexity index is 1040. The van der Waals surface area contributed by atoms with Gasteiger partial charge in [0.1, 0.15) is 22.2 Å². The fourth-order valence-corrected chi connectivity index (χ4v) is 2.94. The van der Waals surface area contributed by atoms with Crippen molar-refractivity contribution in [1.82, 2.24) is 4.98 Å². The zero-order chi connectivity index (χ0) is 18.0. The van der Waals surface area contributed by atoms with E-state index in [2.05, 4.69) is 16.4 Å². The number of pyridine rings is 1. The number of hydrogen-bond donors (Lipinski definition) is 2. The Morgan fingerprint density at radius 1 is 1.20 bits per heavy atom. The lowest BCUT2D eigenvalue weighted by Gasteiger charge is -2.13. The molecule has 0 spiro atoms. The van der Waals surface area contributed by atoms with Crippen LogP contribution in [0.5, 0.6) is 0 Å². The van der Waals surface area contributed by atoms with Gasteiger partial charge in [0.2, 0.25) is 0 Å². The van der Waals surface area contributed by atoms with Crippen LogP contribution >= 0.6 is 12.2 Å². The van der Waals surface area contributed by atoms with Gasteiger partial charge in [0.15, 0.2) is 0 Å². The molecule has 1 amide bonds. The van der Waals surface area contributed by atoms with Crippen LogP contribution in [0.2, 0.25) is 0 Å². The van der Waals surface area contributed by atoms with E-state index in [4.69, 9.17) is 16.6 Å². The second-order valence-electron chi connectivity index (χ2n) is 5.55. The van der Waals surface area contributed by atoms with Crippen molar-refractivity contribution in [3.8, 4) is 17.4 Å². The molecule has 0 aliphatic rings. The smallest absolute Gasteiger partial charge is 0.258 e. The van der Waals surface area contributed by atoms with Crippen LogP contribution in [0, 0.1) is 29.8 Å². The number of aromatic amines is 1. The predicted molar refractivity (Wildman–Crippen MR) is 97.9 cm³/mol. The van der Waals surface area contributed by atoms with Crippen LogP contribution in [0.4, 0.5) is 5.69 Å². The number of furan rings is 1. The minimum atomic E-state index is -0.337. The third-order valence-electron chi connectivity index (χ3n) is 3.76. The third-order valence-corrected chi connectivity index (χ3v) is 4.07. The summed E-state index contributed by atoms with van der Waals surface area (Å²) >= 11 is 5.26. The van der Waals surface area contributed by atoms with Gasteiger partial charge in [-0.05, 0) is 38.1 Å². The second-order valence-corrected chi connectivity index (χ2v) is 5.95. The lowest BCUT2D eigenvalue weighted by atomic mass is 9.99. The second kappa shape index (κ2) is 6.75. The van der Waals surface area contributed by atoms with Gasteiger partial charge in [0.05, 0.1) is 16.7 Å². The summed E-state index contributed by atoms with van der Waals surface area (Å²) in [5, 5.41) is 12.4. The highest BCUT2D eigenvalue weighted by Gasteiger charge is 2.23. The van der Waals surface area contributed by atoms with Crippen LogP contribution in [-0.4, -0.2) is 10.9 Å². The highest BCUT2D eigenvalue weighted by Crippen LogP contribution is 2.31. The first-order valence-corrected chi connectivity index (χ1v) is 8.02.